The third kappa shape index (κ3) is 4.24. The molecule has 1 atom stereocenters. The number of carbonyl (C=O) groups is 2. The number of carboxylic acid groups (broad SMARTS) is 1. The summed E-state index contributed by atoms with van der Waals surface area (Å²) in [6.45, 7) is 5.51. The molecule has 0 spiro atoms. The second-order valence-corrected chi connectivity index (χ2v) is 7.40. The van der Waals surface area contributed by atoms with E-state index in [1.54, 1.807) is 19.2 Å². The van der Waals surface area contributed by atoms with Crippen LogP contribution in [0.5, 0.6) is 0 Å². The topological polar surface area (TPSA) is 135 Å². The molecule has 162 valence electrons. The van der Waals surface area contributed by atoms with Gasteiger partial charge in [-0.3, -0.25) is 9.78 Å². The first-order chi connectivity index (χ1) is 15.3. The maximum absolute atomic E-state index is 12.5. The molecule has 4 rings (SSSR count). The molecule has 3 aromatic heterocycles. The summed E-state index contributed by atoms with van der Waals surface area (Å²) < 4.78 is 0.806. The number of rotatable bonds is 5. The average molecular weight is 431 g/mol. The van der Waals surface area contributed by atoms with Crippen molar-refractivity contribution >= 4 is 34.7 Å². The van der Waals surface area contributed by atoms with Crippen LogP contribution >= 0.6 is 0 Å². The van der Waals surface area contributed by atoms with Gasteiger partial charge >= 0.3 is 6.09 Å². The molecule has 1 aromatic carbocycles. The number of hydrogen-bond acceptors (Lipinski definition) is 7. The number of aromatic nitrogens is 5. The SMILES string of the molecule is Cc1cncc(C(=O)Nc2cccc([C@H](C)Nc3cnc4c(n3)c(C)nn4C(=O)O)c2)c1. The van der Waals surface area contributed by atoms with Crippen LogP contribution in [-0.4, -0.2) is 41.8 Å². The average Bonchev–Trinajstić information content (AvgIpc) is 3.10. The van der Waals surface area contributed by atoms with Gasteiger partial charge in [-0.1, -0.05) is 12.1 Å². The van der Waals surface area contributed by atoms with Crippen LogP contribution in [0.15, 0.2) is 48.9 Å². The van der Waals surface area contributed by atoms with E-state index in [0.29, 0.717) is 28.3 Å². The fraction of sp³-hybridized carbons (Fsp3) is 0.182. The number of nitrogens with zero attached hydrogens (tertiary/aromatic N) is 5. The summed E-state index contributed by atoms with van der Waals surface area (Å²) in [6.07, 6.45) is 3.47. The van der Waals surface area contributed by atoms with Gasteiger partial charge < -0.3 is 15.7 Å². The van der Waals surface area contributed by atoms with Gasteiger partial charge in [0.15, 0.2) is 5.65 Å². The van der Waals surface area contributed by atoms with Gasteiger partial charge in [0.2, 0.25) is 0 Å². The lowest BCUT2D eigenvalue weighted by molar-refractivity contribution is 0.102. The van der Waals surface area contributed by atoms with E-state index in [2.05, 4.69) is 30.7 Å². The molecule has 0 aliphatic carbocycles. The van der Waals surface area contributed by atoms with Gasteiger partial charge in [-0.2, -0.15) is 5.10 Å². The van der Waals surface area contributed by atoms with Crippen molar-refractivity contribution in [2.24, 2.45) is 0 Å². The van der Waals surface area contributed by atoms with Gasteiger partial charge in [-0.25, -0.2) is 14.8 Å². The highest BCUT2D eigenvalue weighted by atomic mass is 16.4. The molecule has 0 aliphatic heterocycles. The molecule has 0 saturated carbocycles. The zero-order valence-electron chi connectivity index (χ0n) is 17.7. The smallest absolute Gasteiger partial charge is 0.434 e. The molecule has 32 heavy (non-hydrogen) atoms. The molecule has 0 bridgehead atoms. The predicted octanol–water partition coefficient (Wildman–Crippen LogP) is 3.79. The van der Waals surface area contributed by atoms with Crippen LogP contribution in [0, 0.1) is 13.8 Å². The van der Waals surface area contributed by atoms with Crippen molar-refractivity contribution in [3.63, 3.8) is 0 Å². The monoisotopic (exact) mass is 431 g/mol. The lowest BCUT2D eigenvalue weighted by Crippen LogP contribution is -2.13. The number of aryl methyl sites for hydroxylation is 2. The first-order valence-corrected chi connectivity index (χ1v) is 9.87. The van der Waals surface area contributed by atoms with Crippen molar-refractivity contribution in [3.05, 3.63) is 71.3 Å². The van der Waals surface area contributed by atoms with Crippen LogP contribution in [0.3, 0.4) is 0 Å². The molecule has 0 aliphatic rings. The maximum atomic E-state index is 12.5. The number of hydrogen-bond donors (Lipinski definition) is 3. The molecule has 1 amide bonds. The fourth-order valence-electron chi connectivity index (χ4n) is 3.30. The molecule has 10 heteroatoms. The maximum Gasteiger partial charge on any atom is 0.434 e. The van der Waals surface area contributed by atoms with Crippen LogP contribution in [0.4, 0.5) is 16.3 Å². The number of amides is 1. The van der Waals surface area contributed by atoms with E-state index >= 15 is 0 Å². The summed E-state index contributed by atoms with van der Waals surface area (Å²) in [5.41, 5.74) is 4.05. The van der Waals surface area contributed by atoms with E-state index in [9.17, 15) is 14.7 Å². The number of anilines is 2. The number of fused-ring (bicyclic) bond motifs is 1. The Bertz CT molecular complexity index is 1330. The molecule has 10 nitrogen and oxygen atoms in total. The highest BCUT2D eigenvalue weighted by molar-refractivity contribution is 6.04. The van der Waals surface area contributed by atoms with Crippen LogP contribution in [0.2, 0.25) is 0 Å². The zero-order valence-corrected chi connectivity index (χ0v) is 17.7. The third-order valence-electron chi connectivity index (χ3n) is 4.87. The lowest BCUT2D eigenvalue weighted by Gasteiger charge is -2.16. The van der Waals surface area contributed by atoms with Crippen molar-refractivity contribution in [2.45, 2.75) is 26.8 Å². The van der Waals surface area contributed by atoms with Crippen LogP contribution < -0.4 is 10.6 Å². The van der Waals surface area contributed by atoms with E-state index in [0.717, 1.165) is 15.8 Å². The number of benzene rings is 1. The van der Waals surface area contributed by atoms with Gasteiger partial charge in [0.1, 0.15) is 11.3 Å². The first-order valence-electron chi connectivity index (χ1n) is 9.87. The van der Waals surface area contributed by atoms with Gasteiger partial charge in [0.25, 0.3) is 5.91 Å². The quantitative estimate of drug-likeness (QED) is 0.434. The Morgan fingerprint density at radius 1 is 1.12 bits per heavy atom. The zero-order chi connectivity index (χ0) is 22.8. The van der Waals surface area contributed by atoms with Crippen molar-refractivity contribution in [3.8, 4) is 0 Å². The molecule has 4 aromatic rings. The fourth-order valence-corrected chi connectivity index (χ4v) is 3.30. The Morgan fingerprint density at radius 3 is 2.69 bits per heavy atom. The Kier molecular flexibility index (Phi) is 5.50. The minimum Gasteiger partial charge on any atom is -0.463 e. The second-order valence-electron chi connectivity index (χ2n) is 7.40. The minimum atomic E-state index is -1.22. The van der Waals surface area contributed by atoms with Gasteiger partial charge in [-0.05, 0) is 50.1 Å². The van der Waals surface area contributed by atoms with Crippen molar-refractivity contribution in [1.82, 2.24) is 24.7 Å². The molecular formula is C22H21N7O3. The Morgan fingerprint density at radius 2 is 1.94 bits per heavy atom. The first kappa shape index (κ1) is 20.9. The van der Waals surface area contributed by atoms with E-state index < -0.39 is 6.09 Å². The van der Waals surface area contributed by atoms with Crippen LogP contribution in [-0.2, 0) is 0 Å². The summed E-state index contributed by atoms with van der Waals surface area (Å²) in [5, 5.41) is 19.3. The number of pyridine rings is 1. The Labute approximate surface area is 183 Å². The van der Waals surface area contributed by atoms with Crippen molar-refractivity contribution < 1.29 is 14.7 Å². The molecule has 0 unspecified atom stereocenters. The third-order valence-corrected chi connectivity index (χ3v) is 4.87. The van der Waals surface area contributed by atoms with Crippen LogP contribution in [0.1, 0.15) is 40.1 Å². The summed E-state index contributed by atoms with van der Waals surface area (Å²) in [7, 11) is 0. The lowest BCUT2D eigenvalue weighted by atomic mass is 10.1. The highest BCUT2D eigenvalue weighted by Gasteiger charge is 2.16. The molecule has 0 radical (unpaired) electrons. The van der Waals surface area contributed by atoms with Gasteiger partial charge in [-0.15, -0.1) is 4.68 Å². The van der Waals surface area contributed by atoms with E-state index in [1.807, 2.05) is 38.1 Å². The van der Waals surface area contributed by atoms with E-state index in [-0.39, 0.29) is 17.6 Å². The largest absolute Gasteiger partial charge is 0.463 e. The molecule has 3 N–H and O–H groups in total. The summed E-state index contributed by atoms with van der Waals surface area (Å²) >= 11 is 0. The highest BCUT2D eigenvalue weighted by Crippen LogP contribution is 2.23. The number of nitrogens with one attached hydrogen (secondary N) is 2. The predicted molar refractivity (Wildman–Crippen MR) is 119 cm³/mol. The van der Waals surface area contributed by atoms with Crippen molar-refractivity contribution in [1.29, 1.82) is 0 Å². The normalized spacial score (nSPS) is 11.8. The van der Waals surface area contributed by atoms with E-state index in [1.165, 1.54) is 12.4 Å². The van der Waals surface area contributed by atoms with Crippen LogP contribution in [0.25, 0.3) is 11.2 Å². The van der Waals surface area contributed by atoms with Crippen molar-refractivity contribution in [2.75, 3.05) is 10.6 Å². The molecule has 0 fully saturated rings. The summed E-state index contributed by atoms with van der Waals surface area (Å²) in [6, 6.07) is 9.09. The molecule has 3 heterocycles. The standard InChI is InChI=1S/C22H21N7O3/c1-12-7-16(10-23-9-12)21(30)26-17-6-4-5-15(8-17)13(2)25-18-11-24-20-19(27-18)14(3)28-29(20)22(31)32/h4-11,13H,1-3H3,(H,25,27)(H,26,30)(H,31,32)/t13-/m0/s1. The summed E-state index contributed by atoms with van der Waals surface area (Å²) in [5.74, 6) is 0.250. The van der Waals surface area contributed by atoms with Gasteiger partial charge in [0, 0.05) is 18.1 Å². The molecule has 0 saturated heterocycles. The molecular weight excluding hydrogens is 410 g/mol. The second kappa shape index (κ2) is 8.42. The summed E-state index contributed by atoms with van der Waals surface area (Å²) in [4.78, 5) is 36.5. The van der Waals surface area contributed by atoms with E-state index in [4.69, 9.17) is 0 Å². The minimum absolute atomic E-state index is 0.158. The Hall–Kier alpha value is -4.34. The van der Waals surface area contributed by atoms with Gasteiger partial charge in [0.05, 0.1) is 23.5 Å². The Balaban J connectivity index is 1.51. The number of carbonyl (C=O) groups excluding carboxylic acids is 1.